The zero-order chi connectivity index (χ0) is 14.7. The van der Waals surface area contributed by atoms with Crippen LogP contribution in [-0.4, -0.2) is 47.6 Å². The number of esters is 1. The molecule has 1 aliphatic rings. The summed E-state index contributed by atoms with van der Waals surface area (Å²) < 4.78 is 4.52. The molecular formula is C14H27NO4. The summed E-state index contributed by atoms with van der Waals surface area (Å²) in [5, 5.41) is 23.3. The summed E-state index contributed by atoms with van der Waals surface area (Å²) in [7, 11) is 1.24. The average Bonchev–Trinajstić information content (AvgIpc) is 2.32. The number of nitrogens with one attached hydrogen (secondary N) is 1. The molecule has 1 aliphatic carbocycles. The number of hydrogen-bond acceptors (Lipinski definition) is 5. The molecule has 0 aliphatic heterocycles. The second-order valence-corrected chi connectivity index (χ2v) is 6.76. The van der Waals surface area contributed by atoms with Crippen LogP contribution in [0.15, 0.2) is 0 Å². The quantitative estimate of drug-likeness (QED) is 0.647. The van der Waals surface area contributed by atoms with Crippen LogP contribution in [0.2, 0.25) is 0 Å². The lowest BCUT2D eigenvalue weighted by atomic mass is 9.71. The first-order valence-electron chi connectivity index (χ1n) is 6.84. The van der Waals surface area contributed by atoms with E-state index in [0.717, 1.165) is 25.7 Å². The molecule has 1 saturated carbocycles. The smallest absolute Gasteiger partial charge is 0.338 e. The number of aliphatic hydroxyl groups is 2. The molecule has 0 heterocycles. The number of rotatable bonds is 5. The van der Waals surface area contributed by atoms with Gasteiger partial charge in [0.2, 0.25) is 0 Å². The summed E-state index contributed by atoms with van der Waals surface area (Å²) >= 11 is 0. The van der Waals surface area contributed by atoms with E-state index in [1.54, 1.807) is 0 Å². The molecular weight excluding hydrogens is 246 g/mol. The van der Waals surface area contributed by atoms with E-state index in [9.17, 15) is 15.0 Å². The predicted molar refractivity (Wildman–Crippen MR) is 72.7 cm³/mol. The van der Waals surface area contributed by atoms with Gasteiger partial charge in [-0.3, -0.25) is 0 Å². The second-order valence-electron chi connectivity index (χ2n) is 6.76. The number of carbonyl (C=O) groups excluding carboxylic acids is 1. The first-order chi connectivity index (χ1) is 8.60. The van der Waals surface area contributed by atoms with E-state index in [0.29, 0.717) is 12.0 Å². The van der Waals surface area contributed by atoms with Crippen molar-refractivity contribution >= 4 is 5.97 Å². The highest BCUT2D eigenvalue weighted by atomic mass is 16.5. The molecule has 0 aromatic carbocycles. The third-order valence-corrected chi connectivity index (χ3v) is 4.08. The van der Waals surface area contributed by atoms with Gasteiger partial charge in [-0.15, -0.1) is 0 Å². The fourth-order valence-electron chi connectivity index (χ4n) is 2.40. The lowest BCUT2D eigenvalue weighted by Gasteiger charge is -2.40. The van der Waals surface area contributed by atoms with Crippen molar-refractivity contribution in [1.82, 2.24) is 5.32 Å². The molecule has 112 valence electrons. The maximum atomic E-state index is 11.3. The van der Waals surface area contributed by atoms with Gasteiger partial charge in [0.15, 0.2) is 5.60 Å². The Labute approximate surface area is 115 Å². The minimum Gasteiger partial charge on any atom is -0.467 e. The molecule has 19 heavy (non-hydrogen) atoms. The Kier molecular flexibility index (Phi) is 4.98. The van der Waals surface area contributed by atoms with E-state index < -0.39 is 17.2 Å². The number of carbonyl (C=O) groups is 1. The van der Waals surface area contributed by atoms with Gasteiger partial charge in [-0.2, -0.15) is 0 Å². The van der Waals surface area contributed by atoms with Crippen molar-refractivity contribution in [3.8, 4) is 0 Å². The zero-order valence-electron chi connectivity index (χ0n) is 12.5. The zero-order valence-corrected chi connectivity index (χ0v) is 12.5. The average molecular weight is 273 g/mol. The molecule has 5 heteroatoms. The van der Waals surface area contributed by atoms with Gasteiger partial charge in [-0.25, -0.2) is 4.79 Å². The topological polar surface area (TPSA) is 78.8 Å². The Hall–Kier alpha value is -0.650. The van der Waals surface area contributed by atoms with Gasteiger partial charge in [0.05, 0.1) is 12.7 Å². The van der Waals surface area contributed by atoms with Gasteiger partial charge < -0.3 is 20.3 Å². The molecule has 1 fully saturated rings. The van der Waals surface area contributed by atoms with Crippen molar-refractivity contribution in [1.29, 1.82) is 0 Å². The Morgan fingerprint density at radius 2 is 1.84 bits per heavy atom. The summed E-state index contributed by atoms with van der Waals surface area (Å²) in [5.41, 5.74) is -2.00. The van der Waals surface area contributed by atoms with Gasteiger partial charge in [-0.1, -0.05) is 13.8 Å². The van der Waals surface area contributed by atoms with E-state index in [4.69, 9.17) is 0 Å². The first-order valence-corrected chi connectivity index (χ1v) is 6.84. The SMILES string of the molecule is COC(=O)C(C)(O)CNCC1(O)CCC(C)(C)CC1. The van der Waals surface area contributed by atoms with Gasteiger partial charge in [0, 0.05) is 13.1 Å². The Morgan fingerprint density at radius 3 is 2.32 bits per heavy atom. The molecule has 1 rings (SSSR count). The number of ether oxygens (including phenoxy) is 1. The van der Waals surface area contributed by atoms with Crippen molar-refractivity contribution in [2.45, 2.75) is 57.7 Å². The molecule has 0 aromatic heterocycles. The molecule has 0 bridgehead atoms. The molecule has 1 unspecified atom stereocenters. The summed E-state index contributed by atoms with van der Waals surface area (Å²) in [6, 6.07) is 0. The highest BCUT2D eigenvalue weighted by Crippen LogP contribution is 2.39. The van der Waals surface area contributed by atoms with Crippen LogP contribution < -0.4 is 5.32 Å². The summed E-state index contributed by atoms with van der Waals surface area (Å²) in [5.74, 6) is -0.670. The molecule has 3 N–H and O–H groups in total. The minimum atomic E-state index is -1.56. The lowest BCUT2D eigenvalue weighted by molar-refractivity contribution is -0.160. The second kappa shape index (κ2) is 5.77. The van der Waals surface area contributed by atoms with Crippen LogP contribution in [0.4, 0.5) is 0 Å². The van der Waals surface area contributed by atoms with Gasteiger partial charge in [0.1, 0.15) is 0 Å². The third-order valence-electron chi connectivity index (χ3n) is 4.08. The van der Waals surface area contributed by atoms with Crippen LogP contribution in [0.3, 0.4) is 0 Å². The lowest BCUT2D eigenvalue weighted by Crippen LogP contribution is -2.51. The minimum absolute atomic E-state index is 0.0748. The van der Waals surface area contributed by atoms with Crippen molar-refractivity contribution in [2.24, 2.45) is 5.41 Å². The maximum Gasteiger partial charge on any atom is 0.338 e. The maximum absolute atomic E-state index is 11.3. The van der Waals surface area contributed by atoms with Crippen LogP contribution in [0, 0.1) is 5.41 Å². The monoisotopic (exact) mass is 273 g/mol. The van der Waals surface area contributed by atoms with Crippen LogP contribution >= 0.6 is 0 Å². The van der Waals surface area contributed by atoms with E-state index in [2.05, 4.69) is 23.9 Å². The van der Waals surface area contributed by atoms with Crippen molar-refractivity contribution < 1.29 is 19.7 Å². The molecule has 0 aromatic rings. The van der Waals surface area contributed by atoms with Crippen LogP contribution in [0.25, 0.3) is 0 Å². The van der Waals surface area contributed by atoms with Gasteiger partial charge in [-0.05, 0) is 38.0 Å². The van der Waals surface area contributed by atoms with E-state index in [1.807, 2.05) is 0 Å². The van der Waals surface area contributed by atoms with Gasteiger partial charge in [0.25, 0.3) is 0 Å². The summed E-state index contributed by atoms with van der Waals surface area (Å²) in [4.78, 5) is 11.3. The summed E-state index contributed by atoms with van der Waals surface area (Å²) in [6.45, 7) is 6.28. The molecule has 1 atom stereocenters. The fourth-order valence-corrected chi connectivity index (χ4v) is 2.40. The van der Waals surface area contributed by atoms with Crippen molar-refractivity contribution in [3.05, 3.63) is 0 Å². The van der Waals surface area contributed by atoms with Crippen LogP contribution in [0.5, 0.6) is 0 Å². The van der Waals surface area contributed by atoms with E-state index in [-0.39, 0.29) is 6.54 Å². The summed E-state index contributed by atoms with van der Waals surface area (Å²) in [6.07, 6.45) is 3.46. The first kappa shape index (κ1) is 16.4. The third kappa shape index (κ3) is 4.75. The van der Waals surface area contributed by atoms with Gasteiger partial charge >= 0.3 is 5.97 Å². The molecule has 5 nitrogen and oxygen atoms in total. The predicted octanol–water partition coefficient (Wildman–Crippen LogP) is 0.831. The van der Waals surface area contributed by atoms with Crippen LogP contribution in [-0.2, 0) is 9.53 Å². The van der Waals surface area contributed by atoms with E-state index >= 15 is 0 Å². The molecule has 0 saturated heterocycles. The normalized spacial score (nSPS) is 24.5. The molecule has 0 amide bonds. The standard InChI is InChI=1S/C14H27NO4/c1-12(2)5-7-14(18,8-6-12)10-15-9-13(3,17)11(16)19-4/h15,17-18H,5-10H2,1-4H3. The highest BCUT2D eigenvalue weighted by molar-refractivity contribution is 5.78. The number of methoxy groups -OCH3 is 1. The Balaban J connectivity index is 2.39. The van der Waals surface area contributed by atoms with E-state index in [1.165, 1.54) is 14.0 Å². The Bertz CT molecular complexity index is 315. The highest BCUT2D eigenvalue weighted by Gasteiger charge is 2.37. The molecule has 0 spiro atoms. The largest absolute Gasteiger partial charge is 0.467 e. The number of hydrogen-bond donors (Lipinski definition) is 3. The fraction of sp³-hybridized carbons (Fsp3) is 0.929. The Morgan fingerprint density at radius 1 is 1.32 bits per heavy atom. The van der Waals surface area contributed by atoms with Crippen LogP contribution in [0.1, 0.15) is 46.5 Å². The van der Waals surface area contributed by atoms with Crippen molar-refractivity contribution in [2.75, 3.05) is 20.2 Å². The van der Waals surface area contributed by atoms with Crippen molar-refractivity contribution in [3.63, 3.8) is 0 Å². The molecule has 0 radical (unpaired) electrons.